The maximum Gasteiger partial charge on any atom is 0.416 e. The standard InChI is InChI=1S/C21H12ClF5N2O2/c22-14-10-13(7-8-15(14)23)28-20(31)18-16(24)5-2-6-17(18)29-19(30)11-3-1-4-12(9-11)21(25,26)27/h1-10H,(H,28,31)(H,29,30). The molecule has 0 atom stereocenters. The molecule has 3 aromatic carbocycles. The SMILES string of the molecule is O=C(Nc1cccc(F)c1C(=O)Nc1ccc(F)c(Cl)c1)c1cccc(C(F)(F)F)c1. The minimum atomic E-state index is -4.66. The van der Waals surface area contributed by atoms with Gasteiger partial charge < -0.3 is 10.6 Å². The maximum absolute atomic E-state index is 14.4. The van der Waals surface area contributed by atoms with Gasteiger partial charge in [0.2, 0.25) is 0 Å². The van der Waals surface area contributed by atoms with Gasteiger partial charge in [0.15, 0.2) is 0 Å². The fraction of sp³-hybridized carbons (Fsp3) is 0.0476. The lowest BCUT2D eigenvalue weighted by atomic mass is 10.1. The molecule has 0 aliphatic heterocycles. The fourth-order valence-electron chi connectivity index (χ4n) is 2.66. The molecule has 0 radical (unpaired) electrons. The van der Waals surface area contributed by atoms with Crippen LogP contribution in [0.15, 0.2) is 60.7 Å². The number of anilines is 2. The van der Waals surface area contributed by atoms with E-state index in [0.29, 0.717) is 6.07 Å². The molecule has 31 heavy (non-hydrogen) atoms. The summed E-state index contributed by atoms with van der Waals surface area (Å²) in [6.45, 7) is 0. The van der Waals surface area contributed by atoms with Crippen molar-refractivity contribution in [3.05, 3.63) is 94.0 Å². The molecule has 0 aromatic heterocycles. The minimum Gasteiger partial charge on any atom is -0.322 e. The summed E-state index contributed by atoms with van der Waals surface area (Å²) in [7, 11) is 0. The Labute approximate surface area is 177 Å². The molecule has 0 aliphatic carbocycles. The van der Waals surface area contributed by atoms with E-state index >= 15 is 0 Å². The van der Waals surface area contributed by atoms with Crippen molar-refractivity contribution in [3.8, 4) is 0 Å². The van der Waals surface area contributed by atoms with Crippen LogP contribution in [0.5, 0.6) is 0 Å². The van der Waals surface area contributed by atoms with E-state index in [1.807, 2.05) is 0 Å². The Morgan fingerprint density at radius 3 is 2.19 bits per heavy atom. The highest BCUT2D eigenvalue weighted by Gasteiger charge is 2.31. The molecule has 10 heteroatoms. The molecule has 160 valence electrons. The van der Waals surface area contributed by atoms with Gasteiger partial charge in [0.05, 0.1) is 21.8 Å². The van der Waals surface area contributed by atoms with Crippen LogP contribution in [-0.2, 0) is 6.18 Å². The van der Waals surface area contributed by atoms with Crippen LogP contribution < -0.4 is 10.6 Å². The monoisotopic (exact) mass is 454 g/mol. The molecule has 0 aliphatic rings. The predicted molar refractivity (Wildman–Crippen MR) is 105 cm³/mol. The zero-order chi connectivity index (χ0) is 22.8. The van der Waals surface area contributed by atoms with Gasteiger partial charge in [-0.05, 0) is 48.5 Å². The van der Waals surface area contributed by atoms with Gasteiger partial charge in [-0.25, -0.2) is 8.78 Å². The van der Waals surface area contributed by atoms with E-state index in [9.17, 15) is 31.5 Å². The second-order valence-electron chi connectivity index (χ2n) is 6.28. The zero-order valence-corrected chi connectivity index (χ0v) is 16.1. The van der Waals surface area contributed by atoms with E-state index in [1.165, 1.54) is 18.2 Å². The quantitative estimate of drug-likeness (QED) is 0.465. The summed E-state index contributed by atoms with van der Waals surface area (Å²) < 4.78 is 66.3. The zero-order valence-electron chi connectivity index (χ0n) is 15.4. The molecule has 0 unspecified atom stereocenters. The first-order chi connectivity index (χ1) is 14.6. The van der Waals surface area contributed by atoms with Gasteiger partial charge in [0, 0.05) is 11.3 Å². The summed E-state index contributed by atoms with van der Waals surface area (Å²) in [5.74, 6) is -3.68. The average Bonchev–Trinajstić information content (AvgIpc) is 2.70. The first-order valence-corrected chi connectivity index (χ1v) is 8.97. The molecule has 4 nitrogen and oxygen atoms in total. The van der Waals surface area contributed by atoms with Crippen LogP contribution in [0.4, 0.5) is 33.3 Å². The number of halogens is 6. The van der Waals surface area contributed by atoms with Crippen molar-refractivity contribution in [1.29, 1.82) is 0 Å². The maximum atomic E-state index is 14.4. The highest BCUT2D eigenvalue weighted by atomic mass is 35.5. The Hall–Kier alpha value is -3.46. The van der Waals surface area contributed by atoms with Crippen LogP contribution in [0.3, 0.4) is 0 Å². The molecular formula is C21H12ClF5N2O2. The third kappa shape index (κ3) is 5.18. The molecule has 0 spiro atoms. The minimum absolute atomic E-state index is 0.0646. The fourth-order valence-corrected chi connectivity index (χ4v) is 2.84. The first kappa shape index (κ1) is 22.2. The van der Waals surface area contributed by atoms with Crippen molar-refractivity contribution in [2.75, 3.05) is 10.6 Å². The molecule has 3 aromatic rings. The predicted octanol–water partition coefficient (Wildman–Crippen LogP) is 6.14. The van der Waals surface area contributed by atoms with Crippen LogP contribution in [0.1, 0.15) is 26.3 Å². The van der Waals surface area contributed by atoms with Crippen LogP contribution in [0.2, 0.25) is 5.02 Å². The normalized spacial score (nSPS) is 11.2. The van der Waals surface area contributed by atoms with Gasteiger partial charge in [-0.3, -0.25) is 9.59 Å². The number of carbonyl (C=O) groups excluding carboxylic acids is 2. The number of nitrogens with one attached hydrogen (secondary N) is 2. The molecule has 2 amide bonds. The van der Waals surface area contributed by atoms with Crippen molar-refractivity contribution < 1.29 is 31.5 Å². The molecule has 0 saturated heterocycles. The summed E-state index contributed by atoms with van der Waals surface area (Å²) >= 11 is 5.65. The highest BCUT2D eigenvalue weighted by Crippen LogP contribution is 2.30. The third-order valence-corrected chi connectivity index (χ3v) is 4.41. The van der Waals surface area contributed by atoms with Crippen LogP contribution in [0, 0.1) is 11.6 Å². The molecule has 2 N–H and O–H groups in total. The van der Waals surface area contributed by atoms with E-state index in [4.69, 9.17) is 11.6 Å². The second-order valence-corrected chi connectivity index (χ2v) is 6.69. The van der Waals surface area contributed by atoms with E-state index in [1.54, 1.807) is 0 Å². The van der Waals surface area contributed by atoms with Gasteiger partial charge in [0.1, 0.15) is 11.6 Å². The van der Waals surface area contributed by atoms with E-state index < -0.39 is 40.8 Å². The molecule has 0 saturated carbocycles. The summed E-state index contributed by atoms with van der Waals surface area (Å²) in [6, 6.07) is 10.3. The van der Waals surface area contributed by atoms with Crippen molar-refractivity contribution in [2.45, 2.75) is 6.18 Å². The van der Waals surface area contributed by atoms with Crippen molar-refractivity contribution in [1.82, 2.24) is 0 Å². The number of alkyl halides is 3. The Morgan fingerprint density at radius 2 is 1.52 bits per heavy atom. The Balaban J connectivity index is 1.88. The summed E-state index contributed by atoms with van der Waals surface area (Å²) in [5.41, 5.74) is -2.15. The van der Waals surface area contributed by atoms with E-state index in [-0.39, 0.29) is 22.0 Å². The van der Waals surface area contributed by atoms with Gasteiger partial charge in [-0.1, -0.05) is 23.7 Å². The number of hydrogen-bond donors (Lipinski definition) is 2. The van der Waals surface area contributed by atoms with Gasteiger partial charge >= 0.3 is 6.18 Å². The van der Waals surface area contributed by atoms with Crippen molar-refractivity contribution in [2.24, 2.45) is 0 Å². The molecule has 0 heterocycles. The number of amides is 2. The first-order valence-electron chi connectivity index (χ1n) is 8.60. The third-order valence-electron chi connectivity index (χ3n) is 4.12. The largest absolute Gasteiger partial charge is 0.416 e. The van der Waals surface area contributed by atoms with Gasteiger partial charge in [-0.15, -0.1) is 0 Å². The summed E-state index contributed by atoms with van der Waals surface area (Å²) in [5, 5.41) is 4.29. The van der Waals surface area contributed by atoms with Crippen LogP contribution in [0.25, 0.3) is 0 Å². The average molecular weight is 455 g/mol. The van der Waals surface area contributed by atoms with Crippen molar-refractivity contribution in [3.63, 3.8) is 0 Å². The molecule has 0 fully saturated rings. The lowest BCUT2D eigenvalue weighted by Crippen LogP contribution is -2.20. The van der Waals surface area contributed by atoms with Crippen molar-refractivity contribution >= 4 is 34.8 Å². The van der Waals surface area contributed by atoms with Crippen LogP contribution >= 0.6 is 11.6 Å². The lowest BCUT2D eigenvalue weighted by Gasteiger charge is -2.13. The molecule has 3 rings (SSSR count). The summed E-state index contributed by atoms with van der Waals surface area (Å²) in [6.07, 6.45) is -4.66. The topological polar surface area (TPSA) is 58.2 Å². The molecular weight excluding hydrogens is 443 g/mol. The van der Waals surface area contributed by atoms with Gasteiger partial charge in [0.25, 0.3) is 11.8 Å². The lowest BCUT2D eigenvalue weighted by molar-refractivity contribution is -0.137. The summed E-state index contributed by atoms with van der Waals surface area (Å²) in [4.78, 5) is 25.0. The number of rotatable bonds is 4. The van der Waals surface area contributed by atoms with E-state index in [0.717, 1.165) is 36.4 Å². The smallest absolute Gasteiger partial charge is 0.322 e. The highest BCUT2D eigenvalue weighted by molar-refractivity contribution is 6.31. The molecule has 0 bridgehead atoms. The van der Waals surface area contributed by atoms with Crippen LogP contribution in [-0.4, -0.2) is 11.8 Å². The Kier molecular flexibility index (Phi) is 6.26. The number of benzene rings is 3. The Morgan fingerprint density at radius 1 is 0.806 bits per heavy atom. The number of carbonyl (C=O) groups is 2. The van der Waals surface area contributed by atoms with E-state index in [2.05, 4.69) is 10.6 Å². The van der Waals surface area contributed by atoms with Gasteiger partial charge in [-0.2, -0.15) is 13.2 Å². The Bertz CT molecular complexity index is 1160. The number of hydrogen-bond acceptors (Lipinski definition) is 2. The second kappa shape index (κ2) is 8.73.